The van der Waals surface area contributed by atoms with E-state index in [1.807, 2.05) is 106 Å². The summed E-state index contributed by atoms with van der Waals surface area (Å²) in [4.78, 5) is 60.5. The van der Waals surface area contributed by atoms with Crippen LogP contribution in [0.4, 0.5) is 4.79 Å². The minimum atomic E-state index is -4.48. The third-order valence-corrected chi connectivity index (χ3v) is 13.9. The van der Waals surface area contributed by atoms with Crippen LogP contribution >= 0.6 is 7.60 Å². The Balaban J connectivity index is 1.19. The number of benzene rings is 3. The number of likely N-dealkylation sites (tertiary alicyclic amines) is 1. The zero-order valence-corrected chi connectivity index (χ0v) is 35.6. The van der Waals surface area contributed by atoms with Crippen LogP contribution in [0.5, 0.6) is 11.5 Å². The lowest BCUT2D eigenvalue weighted by molar-refractivity contribution is -0.142. The summed E-state index contributed by atoms with van der Waals surface area (Å²) in [5, 5.41) is 4.76. The molecule has 1 aliphatic heterocycles. The van der Waals surface area contributed by atoms with Crippen LogP contribution in [0.25, 0.3) is 22.2 Å². The molecule has 3 amide bonds. The summed E-state index contributed by atoms with van der Waals surface area (Å²) in [6.45, 7) is 9.28. The number of carbonyl (C=O) groups excluding carboxylic acids is 3. The molecule has 3 aliphatic rings. The lowest BCUT2D eigenvalue weighted by Crippen LogP contribution is -2.58. The van der Waals surface area contributed by atoms with Crippen LogP contribution < -0.4 is 20.1 Å². The van der Waals surface area contributed by atoms with Crippen LogP contribution in [0.3, 0.4) is 0 Å². The topological polar surface area (TPSA) is 166 Å². The van der Waals surface area contributed by atoms with E-state index in [0.717, 1.165) is 36.8 Å². The Morgan fingerprint density at radius 3 is 2.37 bits per heavy atom. The number of hydrogen-bond acceptors (Lipinski definition) is 9. The van der Waals surface area contributed by atoms with Gasteiger partial charge < -0.3 is 39.2 Å². The molecule has 0 radical (unpaired) electrons. The number of pyridine rings is 1. The molecule has 2 heterocycles. The van der Waals surface area contributed by atoms with Crippen molar-refractivity contribution in [3.8, 4) is 22.8 Å². The predicted octanol–water partition coefficient (Wildman–Crippen LogP) is 7.81. The number of ether oxygens (including phenoxy) is 3. The lowest BCUT2D eigenvalue weighted by Gasteiger charge is -2.35. The largest absolute Gasteiger partial charge is 0.497 e. The first-order chi connectivity index (χ1) is 28.7. The molecule has 14 heteroatoms. The number of carbonyl (C=O) groups is 3. The van der Waals surface area contributed by atoms with Gasteiger partial charge in [0, 0.05) is 35.4 Å². The highest BCUT2D eigenvalue weighted by atomic mass is 31.2. The molecular weight excluding hydrogens is 783 g/mol. The van der Waals surface area contributed by atoms with Gasteiger partial charge in [0.15, 0.2) is 0 Å². The van der Waals surface area contributed by atoms with Crippen LogP contribution in [0.1, 0.15) is 64.9 Å². The Morgan fingerprint density at radius 1 is 1.02 bits per heavy atom. The van der Waals surface area contributed by atoms with Crippen molar-refractivity contribution in [3.63, 3.8) is 0 Å². The average Bonchev–Trinajstić information content (AvgIpc) is 3.49. The molecule has 1 aromatic heterocycles. The zero-order chi connectivity index (χ0) is 42.7. The number of alkyl carbamates (subject to hydrolysis) is 1. The van der Waals surface area contributed by atoms with Crippen LogP contribution in [0.2, 0.25) is 0 Å². The summed E-state index contributed by atoms with van der Waals surface area (Å²) in [5.74, 6) is -0.594. The number of nitrogens with zero attached hydrogens (tertiary/aromatic N) is 2. The summed E-state index contributed by atoms with van der Waals surface area (Å²) in [5.41, 5.74) is 2.28. The van der Waals surface area contributed by atoms with Gasteiger partial charge >= 0.3 is 13.7 Å². The molecule has 2 saturated carbocycles. The Kier molecular flexibility index (Phi) is 12.7. The highest BCUT2D eigenvalue weighted by molar-refractivity contribution is 7.55. The van der Waals surface area contributed by atoms with Gasteiger partial charge in [0.25, 0.3) is 0 Å². The second-order valence-corrected chi connectivity index (χ2v) is 19.1. The van der Waals surface area contributed by atoms with Gasteiger partial charge in [0.05, 0.1) is 31.5 Å². The number of rotatable bonds is 15. The van der Waals surface area contributed by atoms with Gasteiger partial charge in [-0.2, -0.15) is 0 Å². The van der Waals surface area contributed by atoms with E-state index in [2.05, 4.69) is 17.2 Å². The van der Waals surface area contributed by atoms with Crippen molar-refractivity contribution in [1.29, 1.82) is 0 Å². The highest BCUT2D eigenvalue weighted by Crippen LogP contribution is 2.70. The maximum absolute atomic E-state index is 14.8. The number of nitrogens with one attached hydrogen (secondary N) is 2. The minimum Gasteiger partial charge on any atom is -0.497 e. The predicted molar refractivity (Wildman–Crippen MR) is 228 cm³/mol. The van der Waals surface area contributed by atoms with Crippen molar-refractivity contribution in [2.24, 2.45) is 11.3 Å². The standard InChI is InChI=1S/C46H55N4O9P/c1-6-32-28-46(32,60(54,55)57-24-23-30-15-9-7-10-16-30)49-42(51)39-26-35(29-50(39)43(52)41(45(2,3)4)48-44(53)59-33-19-13-14-20-33)58-40-27-37(31-17-11-8-12-18-31)47-38-25-34(56-5)21-22-36(38)40/h6-12,15-18,21-22,25,27,32-33,35,39,41H,1,13-14,19-20,23-24,26,28-29H2,2-5H3,(H,48,53)(H,49,51)(H,54,55)/t32?,35-,39?,41?,46?/m1/s1. The van der Waals surface area contributed by atoms with E-state index in [1.54, 1.807) is 7.11 Å². The highest BCUT2D eigenvalue weighted by Gasteiger charge is 2.67. The first-order valence-corrected chi connectivity index (χ1v) is 22.2. The SMILES string of the molecule is C=CC1CC1(NC(=O)C1C[C@@H](Oc2cc(-c3ccccc3)nc3cc(OC)ccc23)CN1C(=O)C(NC(=O)OC1CCCC1)C(C)(C)C)P(=O)(O)OCCc1ccccc1. The Morgan fingerprint density at radius 2 is 1.72 bits per heavy atom. The Bertz CT molecular complexity index is 2240. The van der Waals surface area contributed by atoms with Crippen molar-refractivity contribution in [2.45, 2.75) is 95.3 Å². The van der Waals surface area contributed by atoms with Crippen molar-refractivity contribution >= 4 is 36.4 Å². The molecule has 1 saturated heterocycles. The number of fused-ring (bicyclic) bond motifs is 1. The van der Waals surface area contributed by atoms with E-state index in [-0.39, 0.29) is 32.1 Å². The summed E-state index contributed by atoms with van der Waals surface area (Å²) in [6.07, 6.45) is 3.92. The molecule has 3 aromatic carbocycles. The van der Waals surface area contributed by atoms with E-state index in [0.29, 0.717) is 34.5 Å². The molecule has 0 spiro atoms. The van der Waals surface area contributed by atoms with Gasteiger partial charge in [-0.25, -0.2) is 9.78 Å². The van der Waals surface area contributed by atoms with Crippen molar-refractivity contribution in [2.75, 3.05) is 20.3 Å². The van der Waals surface area contributed by atoms with E-state index >= 15 is 0 Å². The molecular formula is C46H55N4O9P. The van der Waals surface area contributed by atoms with Gasteiger partial charge in [0.2, 0.25) is 11.8 Å². The smallest absolute Gasteiger partial charge is 0.408 e. The molecule has 7 rings (SSSR count). The van der Waals surface area contributed by atoms with E-state index in [4.69, 9.17) is 23.7 Å². The quantitative estimate of drug-likeness (QED) is 0.0795. The monoisotopic (exact) mass is 838 g/mol. The van der Waals surface area contributed by atoms with Crippen molar-refractivity contribution < 1.29 is 42.6 Å². The number of amides is 3. The van der Waals surface area contributed by atoms with Crippen LogP contribution in [0, 0.1) is 11.3 Å². The van der Waals surface area contributed by atoms with Gasteiger partial charge in [-0.3, -0.25) is 14.2 Å². The second kappa shape index (κ2) is 17.8. The summed E-state index contributed by atoms with van der Waals surface area (Å²) in [7, 11) is -2.90. The molecule has 60 heavy (non-hydrogen) atoms. The molecule has 3 fully saturated rings. The van der Waals surface area contributed by atoms with Gasteiger partial charge in [-0.05, 0) is 61.6 Å². The fourth-order valence-electron chi connectivity index (χ4n) is 8.27. The van der Waals surface area contributed by atoms with Gasteiger partial charge in [0.1, 0.15) is 41.1 Å². The molecule has 2 aliphatic carbocycles. The number of hydrogen-bond donors (Lipinski definition) is 3. The normalized spacial score (nSPS) is 23.0. The van der Waals surface area contributed by atoms with Crippen LogP contribution in [0.15, 0.2) is 97.6 Å². The first-order valence-electron chi connectivity index (χ1n) is 20.7. The lowest BCUT2D eigenvalue weighted by atomic mass is 9.85. The average molecular weight is 839 g/mol. The molecule has 6 atom stereocenters. The molecule has 318 valence electrons. The maximum atomic E-state index is 14.8. The van der Waals surface area contributed by atoms with Crippen LogP contribution in [-0.2, 0) is 29.8 Å². The van der Waals surface area contributed by atoms with E-state index in [9.17, 15) is 23.8 Å². The van der Waals surface area contributed by atoms with Gasteiger partial charge in [-0.1, -0.05) is 87.5 Å². The number of aromatic nitrogens is 1. The summed E-state index contributed by atoms with van der Waals surface area (Å²) < 4.78 is 37.7. The summed E-state index contributed by atoms with van der Waals surface area (Å²) in [6, 6.07) is 24.2. The third kappa shape index (κ3) is 9.38. The van der Waals surface area contributed by atoms with Crippen LogP contribution in [-0.4, -0.2) is 82.5 Å². The minimum absolute atomic E-state index is 0.0221. The van der Waals surface area contributed by atoms with Crippen molar-refractivity contribution in [3.05, 3.63) is 103 Å². The second-order valence-electron chi connectivity index (χ2n) is 17.0. The molecule has 0 bridgehead atoms. The third-order valence-electron chi connectivity index (χ3n) is 11.8. The zero-order valence-electron chi connectivity index (χ0n) is 34.7. The van der Waals surface area contributed by atoms with Crippen molar-refractivity contribution in [1.82, 2.24) is 20.5 Å². The fraction of sp³-hybridized carbons (Fsp3) is 0.435. The Hall–Kier alpha value is -5.23. The molecule has 5 unspecified atom stereocenters. The van der Waals surface area contributed by atoms with E-state index < -0.39 is 60.3 Å². The maximum Gasteiger partial charge on any atom is 0.408 e. The first kappa shape index (κ1) is 42.9. The Labute approximate surface area is 351 Å². The summed E-state index contributed by atoms with van der Waals surface area (Å²) >= 11 is 0. The molecule has 13 nitrogen and oxygen atoms in total. The molecule has 4 aromatic rings. The molecule has 3 N–H and O–H groups in total. The van der Waals surface area contributed by atoms with Gasteiger partial charge in [-0.15, -0.1) is 6.58 Å². The fourth-order valence-corrected chi connectivity index (χ4v) is 10.0. The van der Waals surface area contributed by atoms with E-state index in [1.165, 1.54) is 11.0 Å². The number of methoxy groups -OCH3 is 1.